The van der Waals surface area contributed by atoms with E-state index in [-0.39, 0.29) is 11.9 Å². The summed E-state index contributed by atoms with van der Waals surface area (Å²) < 4.78 is 5.51. The molecule has 5 nitrogen and oxygen atoms in total. The zero-order valence-electron chi connectivity index (χ0n) is 12.1. The minimum atomic E-state index is -1.08. The van der Waals surface area contributed by atoms with E-state index < -0.39 is 5.54 Å². The minimum absolute atomic E-state index is 0.238. The Balaban J connectivity index is 2.08. The maximum absolute atomic E-state index is 12.5. The summed E-state index contributed by atoms with van der Waals surface area (Å²) in [6.07, 6.45) is 0.810. The summed E-state index contributed by atoms with van der Waals surface area (Å²) >= 11 is 1.81. The summed E-state index contributed by atoms with van der Waals surface area (Å²) in [6, 6.07) is 3.19. The van der Waals surface area contributed by atoms with Gasteiger partial charge in [-0.2, -0.15) is 11.8 Å². The van der Waals surface area contributed by atoms with Crippen molar-refractivity contribution >= 4 is 23.7 Å². The standard InChI is InChI=1S/C14H20N2O3S/c1-4-20-9-5-8-16-12(17)14(3,15-13(16)18)11-7-6-10(2)19-11/h6-7H,4-5,8-9H2,1-3H3,(H,15,18)/t14-/m0/s1. The zero-order chi connectivity index (χ0) is 14.8. The fraction of sp³-hybridized carbons (Fsp3) is 0.571. The van der Waals surface area contributed by atoms with Crippen LogP contribution in [0.25, 0.3) is 0 Å². The van der Waals surface area contributed by atoms with Crippen molar-refractivity contribution in [2.24, 2.45) is 0 Å². The molecular weight excluding hydrogens is 276 g/mol. The SMILES string of the molecule is CCSCCCN1C(=O)N[C@@](C)(c2ccc(C)o2)C1=O. The molecule has 110 valence electrons. The highest BCUT2D eigenvalue weighted by atomic mass is 32.2. The fourth-order valence-electron chi connectivity index (χ4n) is 2.24. The van der Waals surface area contributed by atoms with Crippen molar-refractivity contribution in [1.29, 1.82) is 0 Å². The lowest BCUT2D eigenvalue weighted by atomic mass is 9.99. The largest absolute Gasteiger partial charge is 0.463 e. The molecule has 0 unspecified atom stereocenters. The highest BCUT2D eigenvalue weighted by Crippen LogP contribution is 2.30. The van der Waals surface area contributed by atoms with Gasteiger partial charge in [-0.15, -0.1) is 0 Å². The topological polar surface area (TPSA) is 62.6 Å². The van der Waals surface area contributed by atoms with Crippen LogP contribution in [0.1, 0.15) is 31.8 Å². The van der Waals surface area contributed by atoms with Crippen LogP contribution in [0, 0.1) is 6.92 Å². The van der Waals surface area contributed by atoms with Gasteiger partial charge in [-0.1, -0.05) is 6.92 Å². The van der Waals surface area contributed by atoms with Crippen LogP contribution in [0.3, 0.4) is 0 Å². The number of amides is 3. The number of urea groups is 1. The molecule has 6 heteroatoms. The number of hydrogen-bond donors (Lipinski definition) is 1. The van der Waals surface area contributed by atoms with E-state index >= 15 is 0 Å². The summed E-state index contributed by atoms with van der Waals surface area (Å²) in [7, 11) is 0. The number of nitrogens with zero attached hydrogens (tertiary/aromatic N) is 1. The second-order valence-electron chi connectivity index (χ2n) is 4.97. The van der Waals surface area contributed by atoms with E-state index in [9.17, 15) is 9.59 Å². The molecule has 1 aliphatic rings. The number of nitrogens with one attached hydrogen (secondary N) is 1. The molecule has 1 aromatic heterocycles. The Bertz CT molecular complexity index is 514. The van der Waals surface area contributed by atoms with Gasteiger partial charge in [0.05, 0.1) is 0 Å². The van der Waals surface area contributed by atoms with Crippen molar-refractivity contribution < 1.29 is 14.0 Å². The summed E-state index contributed by atoms with van der Waals surface area (Å²) in [5.74, 6) is 2.96. The third-order valence-electron chi connectivity index (χ3n) is 3.38. The van der Waals surface area contributed by atoms with E-state index in [0.29, 0.717) is 12.3 Å². The quantitative estimate of drug-likeness (QED) is 0.647. The van der Waals surface area contributed by atoms with E-state index in [1.54, 1.807) is 30.8 Å². The first-order chi connectivity index (χ1) is 9.49. The Kier molecular flexibility index (Phi) is 4.42. The molecule has 0 bridgehead atoms. The molecule has 2 heterocycles. The predicted molar refractivity (Wildman–Crippen MR) is 78.7 cm³/mol. The zero-order valence-corrected chi connectivity index (χ0v) is 12.9. The molecule has 1 aromatic rings. The third kappa shape index (κ3) is 2.70. The fourth-order valence-corrected chi connectivity index (χ4v) is 2.86. The van der Waals surface area contributed by atoms with Gasteiger partial charge in [0.25, 0.3) is 5.91 Å². The van der Waals surface area contributed by atoms with E-state index in [1.807, 2.05) is 6.92 Å². The Morgan fingerprint density at radius 2 is 2.15 bits per heavy atom. The van der Waals surface area contributed by atoms with Crippen molar-refractivity contribution in [3.8, 4) is 0 Å². The summed E-state index contributed by atoms with van der Waals surface area (Å²) in [4.78, 5) is 25.8. The van der Waals surface area contributed by atoms with Crippen LogP contribution in [-0.2, 0) is 10.3 Å². The van der Waals surface area contributed by atoms with Gasteiger partial charge < -0.3 is 9.73 Å². The second-order valence-corrected chi connectivity index (χ2v) is 6.37. The van der Waals surface area contributed by atoms with Gasteiger partial charge in [-0.25, -0.2) is 4.79 Å². The lowest BCUT2D eigenvalue weighted by Gasteiger charge is -2.19. The highest BCUT2D eigenvalue weighted by Gasteiger charge is 2.50. The number of aryl methyl sites for hydroxylation is 1. The number of carbonyl (C=O) groups excluding carboxylic acids is 2. The summed E-state index contributed by atoms with van der Waals surface area (Å²) in [6.45, 7) is 6.04. The van der Waals surface area contributed by atoms with Crippen molar-refractivity contribution in [3.05, 3.63) is 23.7 Å². The Morgan fingerprint density at radius 1 is 1.40 bits per heavy atom. The average molecular weight is 296 g/mol. The molecule has 1 fully saturated rings. The van der Waals surface area contributed by atoms with E-state index in [2.05, 4.69) is 12.2 Å². The van der Waals surface area contributed by atoms with Gasteiger partial charge in [0.2, 0.25) is 0 Å². The van der Waals surface area contributed by atoms with Crippen LogP contribution in [0.4, 0.5) is 4.79 Å². The molecule has 0 saturated carbocycles. The number of hydrogen-bond acceptors (Lipinski definition) is 4. The summed E-state index contributed by atoms with van der Waals surface area (Å²) in [5, 5.41) is 2.74. The van der Waals surface area contributed by atoms with Crippen LogP contribution < -0.4 is 5.32 Å². The predicted octanol–water partition coefficient (Wildman–Crippen LogP) is 2.50. The first-order valence-electron chi connectivity index (χ1n) is 6.78. The lowest BCUT2D eigenvalue weighted by molar-refractivity contribution is -0.131. The lowest BCUT2D eigenvalue weighted by Crippen LogP contribution is -2.40. The molecule has 1 N–H and O–H groups in total. The van der Waals surface area contributed by atoms with Crippen molar-refractivity contribution in [3.63, 3.8) is 0 Å². The van der Waals surface area contributed by atoms with E-state index in [4.69, 9.17) is 4.42 Å². The highest BCUT2D eigenvalue weighted by molar-refractivity contribution is 7.99. The number of carbonyl (C=O) groups is 2. The molecule has 0 radical (unpaired) electrons. The first-order valence-corrected chi connectivity index (χ1v) is 7.93. The molecule has 20 heavy (non-hydrogen) atoms. The average Bonchev–Trinajstić information content (AvgIpc) is 2.92. The van der Waals surface area contributed by atoms with Crippen molar-refractivity contribution in [2.45, 2.75) is 32.7 Å². The smallest absolute Gasteiger partial charge is 0.325 e. The van der Waals surface area contributed by atoms with Crippen LogP contribution in [0.2, 0.25) is 0 Å². The number of thioether (sulfide) groups is 1. The van der Waals surface area contributed by atoms with Gasteiger partial charge in [0, 0.05) is 6.54 Å². The van der Waals surface area contributed by atoms with Gasteiger partial charge in [-0.05, 0) is 43.9 Å². The molecule has 0 spiro atoms. The van der Waals surface area contributed by atoms with Crippen LogP contribution in [-0.4, -0.2) is 34.9 Å². The third-order valence-corrected chi connectivity index (χ3v) is 4.37. The molecule has 0 aliphatic carbocycles. The monoisotopic (exact) mass is 296 g/mol. The molecular formula is C14H20N2O3S. The van der Waals surface area contributed by atoms with E-state index in [1.165, 1.54) is 4.90 Å². The molecule has 1 aliphatic heterocycles. The van der Waals surface area contributed by atoms with Crippen molar-refractivity contribution in [2.75, 3.05) is 18.1 Å². The second kappa shape index (κ2) is 5.91. The van der Waals surface area contributed by atoms with Crippen LogP contribution >= 0.6 is 11.8 Å². The molecule has 3 amide bonds. The molecule has 1 atom stereocenters. The molecule has 2 rings (SSSR count). The molecule has 0 aromatic carbocycles. The Hall–Kier alpha value is -1.43. The maximum Gasteiger partial charge on any atom is 0.325 e. The Morgan fingerprint density at radius 3 is 2.75 bits per heavy atom. The first kappa shape index (κ1) is 15.0. The minimum Gasteiger partial charge on any atom is -0.463 e. The van der Waals surface area contributed by atoms with Crippen LogP contribution in [0.5, 0.6) is 0 Å². The Labute approximate surface area is 123 Å². The van der Waals surface area contributed by atoms with Crippen molar-refractivity contribution in [1.82, 2.24) is 10.2 Å². The number of rotatable bonds is 6. The number of furan rings is 1. The normalized spacial score (nSPS) is 22.4. The van der Waals surface area contributed by atoms with Crippen LogP contribution in [0.15, 0.2) is 16.5 Å². The number of imide groups is 1. The van der Waals surface area contributed by atoms with Gasteiger partial charge in [-0.3, -0.25) is 9.69 Å². The maximum atomic E-state index is 12.5. The van der Waals surface area contributed by atoms with Gasteiger partial charge in [0.15, 0.2) is 5.54 Å². The summed E-state index contributed by atoms with van der Waals surface area (Å²) in [5.41, 5.74) is -1.08. The van der Waals surface area contributed by atoms with E-state index in [0.717, 1.165) is 23.7 Å². The van der Waals surface area contributed by atoms with Gasteiger partial charge in [0.1, 0.15) is 11.5 Å². The molecule has 1 saturated heterocycles. The van der Waals surface area contributed by atoms with Gasteiger partial charge >= 0.3 is 6.03 Å².